The third kappa shape index (κ3) is 18.9. The normalized spacial score (nSPS) is 27.4. The Bertz CT molecular complexity index is 4670. The monoisotopic (exact) mass is 1620 g/mol. The number of carboxylic acid groups (broad SMARTS) is 1. The molecule has 7 aliphatic rings. The third-order valence-electron chi connectivity index (χ3n) is 20.4. The van der Waals surface area contributed by atoms with Gasteiger partial charge in [-0.05, 0) is 140 Å². The Kier molecular flexibility index (Phi) is 26.5. The minimum Gasteiger partial charge on any atom is -0.507 e. The zero-order chi connectivity index (χ0) is 82.6. The van der Waals surface area contributed by atoms with Crippen molar-refractivity contribution in [2.75, 3.05) is 18.5 Å². The molecular formula is C79H89Cl2N7O26. The summed E-state index contributed by atoms with van der Waals surface area (Å²) < 4.78 is 49.9. The summed E-state index contributed by atoms with van der Waals surface area (Å²) in [7, 11) is 0. The number of phenols is 2. The topological polar surface area (TPSA) is 522 Å². The van der Waals surface area contributed by atoms with E-state index < -0.39 is 250 Å². The van der Waals surface area contributed by atoms with Gasteiger partial charge in [0.2, 0.25) is 41.6 Å². The molecule has 2 fully saturated rings. The molecule has 0 unspecified atom stereocenters. The number of halogens is 2. The number of carbonyl (C=O) groups excluding carboxylic acids is 8. The van der Waals surface area contributed by atoms with Gasteiger partial charge in [0.05, 0.1) is 47.3 Å². The maximum Gasteiger partial charge on any atom is 0.417 e. The van der Waals surface area contributed by atoms with Crippen LogP contribution in [0, 0.1) is 17.8 Å². The average molecular weight is 1620 g/mol. The summed E-state index contributed by atoms with van der Waals surface area (Å²) in [4.78, 5) is 133. The van der Waals surface area contributed by atoms with Gasteiger partial charge in [-0.15, -0.1) is 0 Å². The Morgan fingerprint density at radius 2 is 1.37 bits per heavy atom. The van der Waals surface area contributed by atoms with Crippen LogP contribution in [0.1, 0.15) is 145 Å². The van der Waals surface area contributed by atoms with Crippen LogP contribution in [0.4, 0.5) is 10.5 Å². The number of hydrogen-bond donors (Lipinski definition) is 16. The molecule has 0 aromatic heterocycles. The number of anilines is 1. The largest absolute Gasteiger partial charge is 0.507 e. The zero-order valence-corrected chi connectivity index (χ0v) is 64.0. The number of ketones is 2. The fourth-order valence-electron chi connectivity index (χ4n) is 14.4. The number of aliphatic hydroxyl groups excluding tert-OH is 6. The lowest BCUT2D eigenvalue weighted by Crippen LogP contribution is -2.64. The van der Waals surface area contributed by atoms with Crippen LogP contribution in [-0.2, 0) is 52.6 Å². The quantitative estimate of drug-likeness (QED) is 0.0454. The minimum atomic E-state index is -2.33. The maximum absolute atomic E-state index is 16.4. The van der Waals surface area contributed by atoms with Crippen LogP contribution in [0.2, 0.25) is 10.0 Å². The Labute approximate surface area is 662 Å². The second-order valence-electron chi connectivity index (χ2n) is 29.4. The minimum absolute atomic E-state index is 0.0289. The molecule has 6 aromatic rings. The number of nitrogens with one attached hydrogen (secondary N) is 5. The number of phenolic OH excluding ortho intramolecular Hbond substituents is 2. The molecule has 6 amide bonds. The molecule has 610 valence electrons. The van der Waals surface area contributed by atoms with E-state index in [9.17, 15) is 65.1 Å². The molecule has 2 saturated heterocycles. The number of amides is 6. The van der Waals surface area contributed by atoms with E-state index in [-0.39, 0.29) is 57.7 Å². The van der Waals surface area contributed by atoms with Crippen molar-refractivity contribution in [3.8, 4) is 62.9 Å². The van der Waals surface area contributed by atoms with Gasteiger partial charge in [-0.3, -0.25) is 38.9 Å². The number of primary amides is 1. The van der Waals surface area contributed by atoms with Gasteiger partial charge in [-0.25, -0.2) is 9.59 Å². The number of fused-ring (bicyclic) bond motifs is 15. The van der Waals surface area contributed by atoms with E-state index in [2.05, 4.69) is 26.6 Å². The molecule has 0 aliphatic carbocycles. The number of nitrogens with two attached hydrogens (primary N) is 2. The molecule has 0 spiro atoms. The van der Waals surface area contributed by atoms with Gasteiger partial charge in [-0.2, -0.15) is 0 Å². The van der Waals surface area contributed by atoms with Gasteiger partial charge in [0.15, 0.2) is 41.5 Å². The van der Waals surface area contributed by atoms with E-state index in [1.165, 1.54) is 44.2 Å². The van der Waals surface area contributed by atoms with Crippen LogP contribution in [0.3, 0.4) is 0 Å². The summed E-state index contributed by atoms with van der Waals surface area (Å²) in [6.45, 7) is 9.85. The summed E-state index contributed by atoms with van der Waals surface area (Å²) >= 11 is 14.3. The number of hydrogen-bond acceptors (Lipinski definition) is 26. The molecule has 35 heteroatoms. The summed E-state index contributed by atoms with van der Waals surface area (Å²) in [6.07, 6.45) is -20.5. The van der Waals surface area contributed by atoms with E-state index in [1.54, 1.807) is 19.1 Å². The highest BCUT2D eigenvalue weighted by Gasteiger charge is 2.52. The number of aliphatic hydroxyl groups is 6. The Morgan fingerprint density at radius 1 is 0.719 bits per heavy atom. The van der Waals surface area contributed by atoms with Crippen molar-refractivity contribution in [2.45, 2.75) is 184 Å². The molecule has 11 bridgehead atoms. The molecule has 18 N–H and O–H groups in total. The van der Waals surface area contributed by atoms with Gasteiger partial charge < -0.3 is 117 Å². The highest BCUT2D eigenvalue weighted by atomic mass is 35.5. The highest BCUT2D eigenvalue weighted by Crippen LogP contribution is 2.51. The summed E-state index contributed by atoms with van der Waals surface area (Å²) in [6, 6.07) is 11.7. The second-order valence-corrected chi connectivity index (χ2v) is 30.2. The van der Waals surface area contributed by atoms with Gasteiger partial charge in [-0.1, -0.05) is 69.1 Å². The van der Waals surface area contributed by atoms with Crippen molar-refractivity contribution < 1.29 is 127 Å². The van der Waals surface area contributed by atoms with Crippen molar-refractivity contribution in [1.29, 1.82) is 0 Å². The molecule has 7 heterocycles. The van der Waals surface area contributed by atoms with Crippen LogP contribution < -0.4 is 61.7 Å². The fraction of sp³-hybridized carbons (Fsp3) is 0.430. The Balaban J connectivity index is 1.13. The molecule has 33 nitrogen and oxygen atoms in total. The van der Waals surface area contributed by atoms with Gasteiger partial charge in [0, 0.05) is 65.6 Å². The van der Waals surface area contributed by atoms with E-state index >= 15 is 24.0 Å². The van der Waals surface area contributed by atoms with Gasteiger partial charge in [0.1, 0.15) is 83.1 Å². The first-order valence-corrected chi connectivity index (χ1v) is 37.6. The lowest BCUT2D eigenvalue weighted by atomic mass is 9.84. The van der Waals surface area contributed by atoms with Crippen molar-refractivity contribution >= 4 is 82.1 Å². The average Bonchev–Trinajstić information content (AvgIpc) is 0.767. The van der Waals surface area contributed by atoms with Gasteiger partial charge in [0.25, 0.3) is 0 Å². The van der Waals surface area contributed by atoms with Crippen LogP contribution in [0.15, 0.2) is 103 Å². The molecular weight excluding hydrogens is 1530 g/mol. The maximum atomic E-state index is 16.4. The first-order valence-electron chi connectivity index (χ1n) is 36.8. The van der Waals surface area contributed by atoms with E-state index in [0.29, 0.717) is 18.8 Å². The predicted molar refractivity (Wildman–Crippen MR) is 403 cm³/mol. The molecule has 0 saturated carbocycles. The van der Waals surface area contributed by atoms with Crippen LogP contribution in [0.5, 0.6) is 51.7 Å². The van der Waals surface area contributed by atoms with Crippen molar-refractivity contribution in [3.05, 3.63) is 141 Å². The molecule has 7 aliphatic heterocycles. The number of ether oxygens (including phenoxy) is 8. The number of benzene rings is 6. The van der Waals surface area contributed by atoms with Crippen molar-refractivity contribution in [2.24, 2.45) is 29.2 Å². The van der Waals surface area contributed by atoms with Gasteiger partial charge >= 0.3 is 12.1 Å². The molecule has 0 radical (unpaired) electrons. The van der Waals surface area contributed by atoms with E-state index in [4.69, 9.17) is 72.6 Å². The molecule has 13 rings (SSSR count). The number of carboxylic acids is 1. The third-order valence-corrected chi connectivity index (χ3v) is 21.0. The smallest absolute Gasteiger partial charge is 0.417 e. The fourth-order valence-corrected chi connectivity index (χ4v) is 14.8. The van der Waals surface area contributed by atoms with Crippen molar-refractivity contribution in [1.82, 2.24) is 21.3 Å². The Hall–Kier alpha value is -10.3. The lowest BCUT2D eigenvalue weighted by molar-refractivity contribution is -0.333. The summed E-state index contributed by atoms with van der Waals surface area (Å²) in [5.41, 5.74) is 8.54. The molecule has 18 atom stereocenters. The van der Waals surface area contributed by atoms with Crippen LogP contribution in [-0.4, -0.2) is 179 Å². The molecule has 6 aromatic carbocycles. The Morgan fingerprint density at radius 3 is 1.96 bits per heavy atom. The first-order chi connectivity index (χ1) is 54.0. The number of carbonyl (C=O) groups is 9. The second kappa shape index (κ2) is 35.6. The number of Topliss-reactive ketones (excluding diaryl/α,β-unsaturated/α-hetero) is 2. The number of rotatable bonds is 18. The van der Waals surface area contributed by atoms with Crippen LogP contribution in [0.25, 0.3) is 11.1 Å². The van der Waals surface area contributed by atoms with E-state index in [0.717, 1.165) is 67.1 Å². The standard InChI is InChI=1S/C79H89Cl2N7O26/c1-7-19-107-42-14-12-41(13-15-42)84-78(106)109-43-28-46-60(50(91)29-43)45-21-36(9-16-49(45)90)44-30-52(93)61-39-25-55(110-53-17-10-37(22-47(53)80)65(95)63(87-72(100)35(8-2)20-33(3)4)51(92)24-40(27-58(82)94)73(101)85-61)69(114-77-70(68(98)67(97)57(32-89)112-77)113-59-31-79(6,83)71(99)34(5)108-59)56(26-39)111-54-18-11-38(23-48(54)81)66(96)64(88-74(44)102)75(103)86-62(46)76(104)105/h9-18,21-23,25-26,28-29,33-35,40,44,57,59,61-68,70-71,77,89-91,95-99H,7-8,19-20,24,27,30-32,83H2,1-6H3,(H2,82,94)(H,84,106)(H,85,101)(H,86,103)(H,87,100)(H,88,102)(H,104,105)/t34-,35+,40-,44+,57+,59-,61+,62-,63-,64-,65+,66+,67+,68-,70+,71+,77-,79-/m0/s1. The number of aromatic hydroxyl groups is 2. The van der Waals surface area contributed by atoms with E-state index in [1.807, 2.05) is 20.8 Å². The van der Waals surface area contributed by atoms with Crippen LogP contribution >= 0.6 is 23.2 Å². The summed E-state index contributed by atoms with van der Waals surface area (Å²) in [5, 5.41) is 117. The number of aliphatic carboxylic acids is 1. The van der Waals surface area contributed by atoms with Crippen molar-refractivity contribution in [3.63, 3.8) is 0 Å². The summed E-state index contributed by atoms with van der Waals surface area (Å²) in [5.74, 6) is -18.8. The lowest BCUT2D eigenvalue weighted by Gasteiger charge is -2.47. The zero-order valence-electron chi connectivity index (χ0n) is 62.4. The molecule has 114 heavy (non-hydrogen) atoms. The first kappa shape index (κ1) is 84.6. The SMILES string of the molecule is CCCOc1ccc(NC(=O)Oc2cc(O)c3c(c2)[C@@H](C(=O)O)NC(=O)[C@H]2NC(=O)[C@H](CC(=O)[C@@H]4NC(=O)[C@H](CC(N)=O)CC(=O)[C@H](NC(=O)[C@H](CC)CC(C)C)[C@H](O)c5ccc(c(Cl)c5)Oc5cc4cc(c5O[C@@H]4O[C@H](CO)[C@@H](O)[C@H](O)[C@H]4O[C@H]4C[C@](C)(N)[C@H](O)[C@H](C)O4)Oc4ccc(cc4Cl)[C@H]2O)c2ccc(O)c-3c2)cc1. The predicted octanol–water partition coefficient (Wildman–Crippen LogP) is 6.21. The highest BCUT2D eigenvalue weighted by molar-refractivity contribution is 6.32.